The second kappa shape index (κ2) is 8.64. The first-order valence-corrected chi connectivity index (χ1v) is 15.9. The molecule has 4 aromatic carbocycles. The van der Waals surface area contributed by atoms with Crippen molar-refractivity contribution in [1.82, 2.24) is 0 Å². The highest BCUT2D eigenvalue weighted by atomic mass is 29.3. The Morgan fingerprint density at radius 3 is 0.750 bits per heavy atom. The van der Waals surface area contributed by atoms with Crippen LogP contribution in [-0.4, -0.2) is 25.3 Å². The summed E-state index contributed by atoms with van der Waals surface area (Å²) in [5.74, 6) is 0. The molecule has 0 bridgehead atoms. The van der Waals surface area contributed by atoms with Crippen LogP contribution < -0.4 is 20.7 Å². The number of aryl methyl sites for hydroxylation is 4. The van der Waals surface area contributed by atoms with Gasteiger partial charge in [-0.1, -0.05) is 97.1 Å². The molecule has 0 spiro atoms. The normalized spacial score (nSPS) is 12.1. The lowest BCUT2D eigenvalue weighted by atomic mass is 10.2. The van der Waals surface area contributed by atoms with Gasteiger partial charge in [0, 0.05) is 0 Å². The topological polar surface area (TPSA) is 40.5 Å². The molecule has 2 N–H and O–H groups in total. The van der Waals surface area contributed by atoms with Gasteiger partial charge in [0.1, 0.15) is 0 Å². The fourth-order valence-corrected chi connectivity index (χ4v) is 19.1. The predicted molar refractivity (Wildman–Crippen MR) is 139 cm³/mol. The Morgan fingerprint density at radius 2 is 0.562 bits per heavy atom. The average Bonchev–Trinajstić information content (AvgIpc) is 2.79. The number of benzene rings is 4. The van der Waals surface area contributed by atoms with Crippen LogP contribution in [0.5, 0.6) is 0 Å². The molecule has 32 heavy (non-hydrogen) atoms. The highest BCUT2D eigenvalue weighted by Gasteiger charge is 2.62. The minimum absolute atomic E-state index is 0.884. The van der Waals surface area contributed by atoms with Crippen LogP contribution in [0.3, 0.4) is 0 Å². The van der Waals surface area contributed by atoms with Gasteiger partial charge in [-0.3, -0.25) is 0 Å². The van der Waals surface area contributed by atoms with E-state index in [-0.39, 0.29) is 0 Å². The molecule has 4 rings (SSSR count). The van der Waals surface area contributed by atoms with Crippen LogP contribution in [0.25, 0.3) is 0 Å². The summed E-state index contributed by atoms with van der Waals surface area (Å²) < 4.78 is 0. The molecule has 0 saturated heterocycles. The molecule has 0 saturated carbocycles. The van der Waals surface area contributed by atoms with Crippen LogP contribution >= 0.6 is 0 Å². The molecule has 0 unspecified atom stereocenters. The zero-order valence-electron chi connectivity index (χ0n) is 19.1. The molecular formula is C28H30O2Si2. The first-order chi connectivity index (χ1) is 15.3. The summed E-state index contributed by atoms with van der Waals surface area (Å²) in [6, 6.07) is 32.1. The molecular weight excluding hydrogens is 424 g/mol. The van der Waals surface area contributed by atoms with E-state index >= 15 is 0 Å². The first-order valence-electron chi connectivity index (χ1n) is 11.0. The Labute approximate surface area is 192 Å². The zero-order chi connectivity index (χ0) is 22.9. The molecule has 0 aliphatic heterocycles. The largest absolute Gasteiger partial charge is 0.424 e. The SMILES string of the molecule is Cc1ccccc1[Si](O)(c1ccccc1C)[Si](O)(c1ccccc1C)c1ccccc1C. The van der Waals surface area contributed by atoms with Crippen molar-refractivity contribution in [3.63, 3.8) is 0 Å². The highest BCUT2D eigenvalue weighted by molar-refractivity contribution is 7.54. The summed E-state index contributed by atoms with van der Waals surface area (Å²) in [4.78, 5) is 26.3. The Hall–Kier alpha value is -2.77. The van der Waals surface area contributed by atoms with E-state index in [9.17, 15) is 9.59 Å². The number of rotatable bonds is 5. The van der Waals surface area contributed by atoms with Crippen LogP contribution in [0, 0.1) is 27.7 Å². The smallest absolute Gasteiger partial charge is 0.280 e. The van der Waals surface area contributed by atoms with E-state index in [4.69, 9.17) is 0 Å². The van der Waals surface area contributed by atoms with Gasteiger partial charge in [-0.15, -0.1) is 0 Å². The molecule has 4 heteroatoms. The maximum absolute atomic E-state index is 13.1. The van der Waals surface area contributed by atoms with Gasteiger partial charge in [0.25, 0.3) is 15.7 Å². The highest BCUT2D eigenvalue weighted by Crippen LogP contribution is 2.21. The summed E-state index contributed by atoms with van der Waals surface area (Å²) >= 11 is 0. The average molecular weight is 455 g/mol. The third kappa shape index (κ3) is 3.40. The van der Waals surface area contributed by atoms with E-state index in [1.807, 2.05) is 125 Å². The molecule has 0 radical (unpaired) electrons. The standard InChI is InChI=1S/C28H30O2Si2/c1-21-13-5-9-17-25(21)31(29,26-18-10-6-14-22(26)2)32(30,27-19-11-7-15-23(27)3)28-20-12-8-16-24(28)4/h5-20,29-30H,1-4H3. The van der Waals surface area contributed by atoms with E-state index < -0.39 is 15.7 Å². The zero-order valence-corrected chi connectivity index (χ0v) is 21.1. The van der Waals surface area contributed by atoms with E-state index in [1.165, 1.54) is 0 Å². The summed E-state index contributed by atoms with van der Waals surface area (Å²) in [6.45, 7) is 8.15. The van der Waals surface area contributed by atoms with E-state index in [0.717, 1.165) is 43.0 Å². The van der Waals surface area contributed by atoms with Crippen molar-refractivity contribution in [1.29, 1.82) is 0 Å². The summed E-state index contributed by atoms with van der Waals surface area (Å²) in [5.41, 5.74) is 4.05. The van der Waals surface area contributed by atoms with Crippen LogP contribution in [0.2, 0.25) is 0 Å². The lowest BCUT2D eigenvalue weighted by molar-refractivity contribution is 0.540. The monoisotopic (exact) mass is 454 g/mol. The Balaban J connectivity index is 2.22. The maximum Gasteiger partial charge on any atom is 0.280 e. The summed E-state index contributed by atoms with van der Waals surface area (Å²) in [7, 11) is -7.39. The second-order valence-corrected chi connectivity index (χ2v) is 18.0. The van der Waals surface area contributed by atoms with Crippen molar-refractivity contribution in [2.45, 2.75) is 27.7 Å². The molecule has 0 heterocycles. The van der Waals surface area contributed by atoms with E-state index in [2.05, 4.69) is 0 Å². The fraction of sp³-hybridized carbons (Fsp3) is 0.143. The van der Waals surface area contributed by atoms with Crippen LogP contribution in [0.15, 0.2) is 97.1 Å². The van der Waals surface area contributed by atoms with Crippen LogP contribution in [0.4, 0.5) is 0 Å². The van der Waals surface area contributed by atoms with E-state index in [1.54, 1.807) is 0 Å². The van der Waals surface area contributed by atoms with Crippen molar-refractivity contribution >= 4 is 36.4 Å². The molecule has 0 aliphatic rings. The molecule has 0 aliphatic carbocycles. The van der Waals surface area contributed by atoms with Crippen LogP contribution in [-0.2, 0) is 0 Å². The van der Waals surface area contributed by atoms with Crippen molar-refractivity contribution in [2.75, 3.05) is 0 Å². The van der Waals surface area contributed by atoms with Gasteiger partial charge in [-0.05, 0) is 70.7 Å². The minimum Gasteiger partial charge on any atom is -0.424 e. The van der Waals surface area contributed by atoms with Gasteiger partial charge in [0.05, 0.1) is 0 Å². The minimum atomic E-state index is -3.69. The molecule has 0 amide bonds. The predicted octanol–water partition coefficient (Wildman–Crippen LogP) is 2.80. The number of hydrogen-bond donors (Lipinski definition) is 2. The number of hydrogen-bond acceptors (Lipinski definition) is 2. The molecule has 0 aromatic heterocycles. The second-order valence-electron chi connectivity index (χ2n) is 8.68. The van der Waals surface area contributed by atoms with Gasteiger partial charge in [-0.25, -0.2) is 0 Å². The Bertz CT molecular complexity index is 1080. The molecule has 0 atom stereocenters. The fourth-order valence-electron chi connectivity index (χ4n) is 4.99. The molecule has 162 valence electrons. The quantitative estimate of drug-likeness (QED) is 0.455. The van der Waals surface area contributed by atoms with Gasteiger partial charge < -0.3 is 9.59 Å². The van der Waals surface area contributed by atoms with E-state index in [0.29, 0.717) is 0 Å². The Kier molecular flexibility index (Phi) is 6.05. The first kappa shape index (κ1) is 22.4. The van der Waals surface area contributed by atoms with Gasteiger partial charge >= 0.3 is 0 Å². The molecule has 0 fully saturated rings. The van der Waals surface area contributed by atoms with Gasteiger partial charge in [0.15, 0.2) is 0 Å². The summed E-state index contributed by atoms with van der Waals surface area (Å²) in [6.07, 6.45) is 0. The lowest BCUT2D eigenvalue weighted by Crippen LogP contribution is -2.87. The van der Waals surface area contributed by atoms with Crippen molar-refractivity contribution < 1.29 is 9.59 Å². The van der Waals surface area contributed by atoms with Crippen LogP contribution in [0.1, 0.15) is 22.3 Å². The van der Waals surface area contributed by atoms with Crippen molar-refractivity contribution in [3.05, 3.63) is 119 Å². The summed E-state index contributed by atoms with van der Waals surface area (Å²) in [5, 5.41) is 3.54. The van der Waals surface area contributed by atoms with Gasteiger partial charge in [0.2, 0.25) is 0 Å². The third-order valence-electron chi connectivity index (χ3n) is 6.66. The third-order valence-corrected chi connectivity index (χ3v) is 19.4. The van der Waals surface area contributed by atoms with Crippen molar-refractivity contribution in [3.8, 4) is 0 Å². The maximum atomic E-state index is 13.1. The van der Waals surface area contributed by atoms with Gasteiger partial charge in [-0.2, -0.15) is 0 Å². The molecule has 2 nitrogen and oxygen atoms in total. The lowest BCUT2D eigenvalue weighted by Gasteiger charge is -2.43. The Morgan fingerprint density at radius 1 is 0.375 bits per heavy atom. The molecule has 4 aromatic rings. The van der Waals surface area contributed by atoms with Crippen molar-refractivity contribution in [2.24, 2.45) is 0 Å².